The van der Waals surface area contributed by atoms with Gasteiger partial charge in [0, 0.05) is 29.7 Å². The second kappa shape index (κ2) is 9.52. The first kappa shape index (κ1) is 22.0. The molecule has 1 fully saturated rings. The first-order valence-corrected chi connectivity index (χ1v) is 11.4. The van der Waals surface area contributed by atoms with E-state index in [2.05, 4.69) is 4.90 Å². The standard InChI is InChI=1S/C25H23Cl3N2O/c1-17(18-5-3-2-4-6-18)25(31)29-13-14-30(23-12-11-21(27)15-22(23)28)24(16-29)19-7-9-20(26)10-8-19/h2-12,15,17,24H,13-14,16H2,1H3. The molecule has 0 radical (unpaired) electrons. The van der Waals surface area contributed by atoms with Crippen LogP contribution in [-0.4, -0.2) is 30.4 Å². The van der Waals surface area contributed by atoms with Gasteiger partial charge in [-0.25, -0.2) is 0 Å². The normalized spacial score (nSPS) is 17.5. The summed E-state index contributed by atoms with van der Waals surface area (Å²) < 4.78 is 0. The molecule has 3 aromatic rings. The maximum Gasteiger partial charge on any atom is 0.229 e. The number of nitrogens with zero attached hydrogens (tertiary/aromatic N) is 2. The van der Waals surface area contributed by atoms with Crippen molar-refractivity contribution in [3.05, 3.63) is 99.0 Å². The largest absolute Gasteiger partial charge is 0.360 e. The molecule has 4 rings (SSSR count). The second-order valence-electron chi connectivity index (χ2n) is 7.77. The van der Waals surface area contributed by atoms with Crippen LogP contribution < -0.4 is 4.90 Å². The maximum absolute atomic E-state index is 13.3. The number of carbonyl (C=O) groups excluding carboxylic acids is 1. The number of rotatable bonds is 4. The molecule has 2 atom stereocenters. The van der Waals surface area contributed by atoms with Crippen molar-refractivity contribution in [3.63, 3.8) is 0 Å². The fourth-order valence-corrected chi connectivity index (χ4v) is 4.76. The highest BCUT2D eigenvalue weighted by molar-refractivity contribution is 6.36. The Bertz CT molecular complexity index is 1060. The summed E-state index contributed by atoms with van der Waals surface area (Å²) in [7, 11) is 0. The SMILES string of the molecule is CC(C(=O)N1CCN(c2ccc(Cl)cc2Cl)C(c2ccc(Cl)cc2)C1)c1ccccc1. The minimum atomic E-state index is -0.197. The number of benzene rings is 3. The summed E-state index contributed by atoms with van der Waals surface area (Å²) >= 11 is 18.8. The van der Waals surface area contributed by atoms with Crippen LogP contribution in [0.5, 0.6) is 0 Å². The monoisotopic (exact) mass is 472 g/mol. The van der Waals surface area contributed by atoms with Crippen LogP contribution in [0.15, 0.2) is 72.8 Å². The van der Waals surface area contributed by atoms with Gasteiger partial charge in [-0.05, 0) is 48.4 Å². The van der Waals surface area contributed by atoms with Crippen molar-refractivity contribution in [2.45, 2.75) is 18.9 Å². The van der Waals surface area contributed by atoms with Crippen LogP contribution >= 0.6 is 34.8 Å². The van der Waals surface area contributed by atoms with Gasteiger partial charge in [0.2, 0.25) is 5.91 Å². The van der Waals surface area contributed by atoms with E-state index in [-0.39, 0.29) is 17.9 Å². The molecule has 6 heteroatoms. The lowest BCUT2D eigenvalue weighted by molar-refractivity contribution is -0.133. The van der Waals surface area contributed by atoms with E-state index in [9.17, 15) is 4.79 Å². The molecule has 0 aliphatic carbocycles. The Balaban J connectivity index is 1.64. The average molecular weight is 474 g/mol. The number of hydrogen-bond acceptors (Lipinski definition) is 2. The van der Waals surface area contributed by atoms with Crippen molar-refractivity contribution in [1.82, 2.24) is 4.90 Å². The van der Waals surface area contributed by atoms with E-state index in [0.29, 0.717) is 34.7 Å². The molecule has 1 saturated heterocycles. The first-order valence-electron chi connectivity index (χ1n) is 10.2. The Hall–Kier alpha value is -2.20. The number of piperazine rings is 1. The van der Waals surface area contributed by atoms with Crippen molar-refractivity contribution >= 4 is 46.4 Å². The fourth-order valence-electron chi connectivity index (χ4n) is 4.11. The molecular formula is C25H23Cl3N2O. The molecule has 2 unspecified atom stereocenters. The highest BCUT2D eigenvalue weighted by Gasteiger charge is 2.33. The van der Waals surface area contributed by atoms with Gasteiger partial charge < -0.3 is 9.80 Å². The molecule has 0 spiro atoms. The van der Waals surface area contributed by atoms with Gasteiger partial charge in [-0.1, -0.05) is 77.3 Å². The number of carbonyl (C=O) groups is 1. The molecule has 0 aromatic heterocycles. The lowest BCUT2D eigenvalue weighted by Crippen LogP contribution is -2.51. The minimum Gasteiger partial charge on any atom is -0.360 e. The van der Waals surface area contributed by atoms with Crippen molar-refractivity contribution < 1.29 is 4.79 Å². The zero-order valence-electron chi connectivity index (χ0n) is 17.1. The lowest BCUT2D eigenvalue weighted by atomic mass is 9.97. The number of halogens is 3. The van der Waals surface area contributed by atoms with Crippen LogP contribution in [-0.2, 0) is 4.79 Å². The van der Waals surface area contributed by atoms with Crippen molar-refractivity contribution in [2.24, 2.45) is 0 Å². The summed E-state index contributed by atoms with van der Waals surface area (Å²) in [6.07, 6.45) is 0. The van der Waals surface area contributed by atoms with E-state index in [1.54, 1.807) is 6.07 Å². The Morgan fingerprint density at radius 1 is 0.903 bits per heavy atom. The molecule has 1 heterocycles. The highest BCUT2D eigenvalue weighted by Crippen LogP contribution is 2.37. The number of anilines is 1. The fraction of sp³-hybridized carbons (Fsp3) is 0.240. The highest BCUT2D eigenvalue weighted by atomic mass is 35.5. The second-order valence-corrected chi connectivity index (χ2v) is 9.05. The van der Waals surface area contributed by atoms with E-state index >= 15 is 0 Å². The van der Waals surface area contributed by atoms with Gasteiger partial charge in [0.1, 0.15) is 0 Å². The van der Waals surface area contributed by atoms with Crippen LogP contribution in [0.4, 0.5) is 5.69 Å². The van der Waals surface area contributed by atoms with Crippen molar-refractivity contribution in [2.75, 3.05) is 24.5 Å². The van der Waals surface area contributed by atoms with Crippen LogP contribution in [0.1, 0.15) is 30.0 Å². The predicted molar refractivity (Wildman–Crippen MR) is 129 cm³/mol. The summed E-state index contributed by atoms with van der Waals surface area (Å²) in [6.45, 7) is 3.83. The number of hydrogen-bond donors (Lipinski definition) is 0. The molecule has 1 amide bonds. The molecule has 3 nitrogen and oxygen atoms in total. The molecule has 160 valence electrons. The van der Waals surface area contributed by atoms with Crippen molar-refractivity contribution in [3.8, 4) is 0 Å². The third-order valence-corrected chi connectivity index (χ3v) is 6.63. The zero-order valence-corrected chi connectivity index (χ0v) is 19.4. The molecular weight excluding hydrogens is 451 g/mol. The van der Waals surface area contributed by atoms with Crippen LogP contribution in [0.3, 0.4) is 0 Å². The summed E-state index contributed by atoms with van der Waals surface area (Å²) in [5.41, 5.74) is 3.02. The third-order valence-electron chi connectivity index (χ3n) is 5.84. The van der Waals surface area contributed by atoms with E-state index in [1.165, 1.54) is 0 Å². The molecule has 1 aliphatic heterocycles. The van der Waals surface area contributed by atoms with Crippen LogP contribution in [0, 0.1) is 0 Å². The zero-order chi connectivity index (χ0) is 22.0. The molecule has 0 N–H and O–H groups in total. The average Bonchev–Trinajstić information content (AvgIpc) is 2.79. The van der Waals surface area contributed by atoms with E-state index < -0.39 is 0 Å². The predicted octanol–water partition coefficient (Wildman–Crippen LogP) is 6.84. The van der Waals surface area contributed by atoms with Crippen LogP contribution in [0.25, 0.3) is 0 Å². The van der Waals surface area contributed by atoms with Gasteiger partial charge in [0.15, 0.2) is 0 Å². The quantitative estimate of drug-likeness (QED) is 0.414. The Morgan fingerprint density at radius 2 is 1.58 bits per heavy atom. The maximum atomic E-state index is 13.3. The van der Waals surface area contributed by atoms with Gasteiger partial charge in [-0.3, -0.25) is 4.79 Å². The molecule has 0 saturated carbocycles. The molecule has 31 heavy (non-hydrogen) atoms. The van der Waals surface area contributed by atoms with Gasteiger partial charge in [0.25, 0.3) is 0 Å². The Kier molecular flexibility index (Phi) is 6.76. The third kappa shape index (κ3) is 4.85. The summed E-state index contributed by atoms with van der Waals surface area (Å²) in [6, 6.07) is 23.2. The Morgan fingerprint density at radius 3 is 2.26 bits per heavy atom. The Labute approximate surface area is 198 Å². The molecule has 0 bridgehead atoms. The summed E-state index contributed by atoms with van der Waals surface area (Å²) in [4.78, 5) is 17.5. The van der Waals surface area contributed by atoms with Gasteiger partial charge in [0.05, 0.1) is 22.7 Å². The topological polar surface area (TPSA) is 23.6 Å². The van der Waals surface area contributed by atoms with Crippen molar-refractivity contribution in [1.29, 1.82) is 0 Å². The lowest BCUT2D eigenvalue weighted by Gasteiger charge is -2.44. The minimum absolute atomic E-state index is 0.0448. The summed E-state index contributed by atoms with van der Waals surface area (Å²) in [5, 5.41) is 1.88. The van der Waals surface area contributed by atoms with Gasteiger partial charge in [-0.2, -0.15) is 0 Å². The molecule has 3 aromatic carbocycles. The van der Waals surface area contributed by atoms with Crippen LogP contribution in [0.2, 0.25) is 15.1 Å². The van der Waals surface area contributed by atoms with E-state index in [0.717, 1.165) is 16.8 Å². The van der Waals surface area contributed by atoms with Gasteiger partial charge >= 0.3 is 0 Å². The van der Waals surface area contributed by atoms with E-state index in [1.807, 2.05) is 78.6 Å². The first-order chi connectivity index (χ1) is 14.9. The smallest absolute Gasteiger partial charge is 0.229 e. The molecule has 1 aliphatic rings. The number of amides is 1. The van der Waals surface area contributed by atoms with E-state index in [4.69, 9.17) is 34.8 Å². The van der Waals surface area contributed by atoms with Gasteiger partial charge in [-0.15, -0.1) is 0 Å². The summed E-state index contributed by atoms with van der Waals surface area (Å²) in [5.74, 6) is -0.0650.